The third kappa shape index (κ3) is 3.04. The summed E-state index contributed by atoms with van der Waals surface area (Å²) >= 11 is 3.41. The van der Waals surface area contributed by atoms with Gasteiger partial charge in [0.15, 0.2) is 0 Å². The summed E-state index contributed by atoms with van der Waals surface area (Å²) in [4.78, 5) is 6.80. The van der Waals surface area contributed by atoms with Crippen molar-refractivity contribution < 1.29 is 4.74 Å². The Balaban J connectivity index is 2.21. The second kappa shape index (κ2) is 5.91. The Kier molecular flexibility index (Phi) is 4.50. The molecule has 2 heterocycles. The van der Waals surface area contributed by atoms with Crippen molar-refractivity contribution in [2.75, 3.05) is 33.8 Å². The highest BCUT2D eigenvalue weighted by atomic mass is 79.9. The van der Waals surface area contributed by atoms with Crippen molar-refractivity contribution in [3.05, 3.63) is 28.5 Å². The molecule has 5 heteroatoms. The largest absolute Gasteiger partial charge is 0.374 e. The molecule has 1 aromatic rings. The summed E-state index contributed by atoms with van der Waals surface area (Å²) in [5.74, 6) is 0. The van der Waals surface area contributed by atoms with Crippen LogP contribution in [0.3, 0.4) is 0 Å². The van der Waals surface area contributed by atoms with Crippen LogP contribution in [-0.4, -0.2) is 49.8 Å². The van der Waals surface area contributed by atoms with Gasteiger partial charge in [0.25, 0.3) is 0 Å². The third-order valence-electron chi connectivity index (χ3n) is 3.06. The average molecular weight is 300 g/mol. The van der Waals surface area contributed by atoms with Crippen molar-refractivity contribution in [2.24, 2.45) is 0 Å². The average Bonchev–Trinajstić information content (AvgIpc) is 2.32. The monoisotopic (exact) mass is 299 g/mol. The Hall–Kier alpha value is -0.490. The molecule has 0 spiro atoms. The minimum atomic E-state index is 0.160. The Morgan fingerprint density at radius 2 is 2.41 bits per heavy atom. The predicted octanol–water partition coefficient (Wildman–Crippen LogP) is 1.44. The molecule has 0 saturated carbocycles. The van der Waals surface area contributed by atoms with E-state index in [-0.39, 0.29) is 12.1 Å². The van der Waals surface area contributed by atoms with E-state index in [2.05, 4.69) is 44.2 Å². The summed E-state index contributed by atoms with van der Waals surface area (Å²) in [7, 11) is 4.07. The molecular weight excluding hydrogens is 282 g/mol. The molecule has 2 rings (SSSR count). The first-order valence-electron chi connectivity index (χ1n) is 5.80. The van der Waals surface area contributed by atoms with Gasteiger partial charge in [-0.3, -0.25) is 9.88 Å². The van der Waals surface area contributed by atoms with Crippen LogP contribution in [0, 0.1) is 0 Å². The zero-order valence-electron chi connectivity index (χ0n) is 10.2. The first-order chi connectivity index (χ1) is 8.22. The summed E-state index contributed by atoms with van der Waals surface area (Å²) in [5.41, 5.74) is 1.07. The van der Waals surface area contributed by atoms with E-state index in [9.17, 15) is 0 Å². The SMILES string of the molecule is CNCC1OCCN(C)C1c1ccc(Br)cn1. The van der Waals surface area contributed by atoms with E-state index in [1.807, 2.05) is 19.3 Å². The molecule has 0 radical (unpaired) electrons. The van der Waals surface area contributed by atoms with E-state index >= 15 is 0 Å². The smallest absolute Gasteiger partial charge is 0.0911 e. The minimum absolute atomic E-state index is 0.160. The van der Waals surface area contributed by atoms with Gasteiger partial charge in [-0.25, -0.2) is 0 Å². The van der Waals surface area contributed by atoms with Crippen LogP contribution in [0.15, 0.2) is 22.8 Å². The number of hydrogen-bond donors (Lipinski definition) is 1. The Morgan fingerprint density at radius 1 is 1.59 bits per heavy atom. The summed E-state index contributed by atoms with van der Waals surface area (Å²) < 4.78 is 6.84. The van der Waals surface area contributed by atoms with Crippen LogP contribution in [0.2, 0.25) is 0 Å². The first-order valence-corrected chi connectivity index (χ1v) is 6.59. The van der Waals surface area contributed by atoms with Crippen molar-refractivity contribution in [3.8, 4) is 0 Å². The van der Waals surface area contributed by atoms with Crippen molar-refractivity contribution >= 4 is 15.9 Å². The number of nitrogens with one attached hydrogen (secondary N) is 1. The lowest BCUT2D eigenvalue weighted by molar-refractivity contribution is -0.0619. The molecule has 1 aliphatic heterocycles. The summed E-state index contributed by atoms with van der Waals surface area (Å²) in [6, 6.07) is 4.31. The second-order valence-electron chi connectivity index (χ2n) is 4.29. The topological polar surface area (TPSA) is 37.4 Å². The van der Waals surface area contributed by atoms with E-state index in [0.717, 1.165) is 29.9 Å². The van der Waals surface area contributed by atoms with Crippen LogP contribution in [-0.2, 0) is 4.74 Å². The molecule has 2 atom stereocenters. The van der Waals surface area contributed by atoms with E-state index < -0.39 is 0 Å². The summed E-state index contributed by atoms with van der Waals surface area (Å²) in [6.45, 7) is 2.57. The molecule has 0 bridgehead atoms. The van der Waals surface area contributed by atoms with Crippen LogP contribution in [0.4, 0.5) is 0 Å². The molecule has 0 aromatic carbocycles. The van der Waals surface area contributed by atoms with E-state index in [1.165, 1.54) is 0 Å². The van der Waals surface area contributed by atoms with Crippen molar-refractivity contribution in [2.45, 2.75) is 12.1 Å². The highest BCUT2D eigenvalue weighted by molar-refractivity contribution is 9.10. The van der Waals surface area contributed by atoms with Gasteiger partial charge in [0.1, 0.15) is 0 Å². The standard InChI is InChI=1S/C12H18BrN3O/c1-14-8-11-12(16(2)5-6-17-11)10-4-3-9(13)7-15-10/h3-4,7,11-12,14H,5-6,8H2,1-2H3. The number of nitrogens with zero attached hydrogens (tertiary/aromatic N) is 2. The van der Waals surface area contributed by atoms with Gasteiger partial charge >= 0.3 is 0 Å². The molecule has 1 N–H and O–H groups in total. The maximum absolute atomic E-state index is 5.83. The summed E-state index contributed by atoms with van der Waals surface area (Å²) in [5, 5.41) is 3.18. The Morgan fingerprint density at radius 3 is 3.06 bits per heavy atom. The Bertz CT molecular complexity index is 355. The molecule has 0 aliphatic carbocycles. The molecule has 2 unspecified atom stereocenters. The van der Waals surface area contributed by atoms with Gasteiger partial charge in [-0.2, -0.15) is 0 Å². The molecule has 17 heavy (non-hydrogen) atoms. The fourth-order valence-electron chi connectivity index (χ4n) is 2.21. The molecule has 0 amide bonds. The van der Waals surface area contributed by atoms with E-state index in [1.54, 1.807) is 0 Å². The van der Waals surface area contributed by atoms with Gasteiger partial charge in [-0.1, -0.05) is 0 Å². The van der Waals surface area contributed by atoms with Gasteiger partial charge in [0.2, 0.25) is 0 Å². The van der Waals surface area contributed by atoms with Gasteiger partial charge in [-0.05, 0) is 42.2 Å². The van der Waals surface area contributed by atoms with Crippen molar-refractivity contribution in [3.63, 3.8) is 0 Å². The van der Waals surface area contributed by atoms with Gasteiger partial charge < -0.3 is 10.1 Å². The molecule has 1 aliphatic rings. The predicted molar refractivity (Wildman–Crippen MR) is 71.0 cm³/mol. The number of morpholine rings is 1. The first kappa shape index (κ1) is 13.0. The fraction of sp³-hybridized carbons (Fsp3) is 0.583. The van der Waals surface area contributed by atoms with E-state index in [0.29, 0.717) is 0 Å². The van der Waals surface area contributed by atoms with Gasteiger partial charge in [-0.15, -0.1) is 0 Å². The van der Waals surface area contributed by atoms with Crippen LogP contribution >= 0.6 is 15.9 Å². The number of pyridine rings is 1. The zero-order valence-corrected chi connectivity index (χ0v) is 11.8. The number of likely N-dealkylation sites (N-methyl/N-ethyl adjacent to an activating group) is 2. The molecule has 4 nitrogen and oxygen atoms in total. The normalized spacial score (nSPS) is 26.1. The molecule has 94 valence electrons. The minimum Gasteiger partial charge on any atom is -0.374 e. The highest BCUT2D eigenvalue weighted by Crippen LogP contribution is 2.27. The number of hydrogen-bond acceptors (Lipinski definition) is 4. The van der Waals surface area contributed by atoms with Crippen LogP contribution in [0.5, 0.6) is 0 Å². The quantitative estimate of drug-likeness (QED) is 0.916. The fourth-order valence-corrected chi connectivity index (χ4v) is 2.45. The third-order valence-corrected chi connectivity index (χ3v) is 3.53. The molecular formula is C12H18BrN3O. The second-order valence-corrected chi connectivity index (χ2v) is 5.21. The van der Waals surface area contributed by atoms with Crippen LogP contribution < -0.4 is 5.32 Å². The molecule has 1 fully saturated rings. The number of ether oxygens (including phenoxy) is 1. The van der Waals surface area contributed by atoms with Crippen LogP contribution in [0.1, 0.15) is 11.7 Å². The molecule has 1 aromatic heterocycles. The summed E-state index contributed by atoms with van der Waals surface area (Å²) in [6.07, 6.45) is 2.00. The van der Waals surface area contributed by atoms with E-state index in [4.69, 9.17) is 4.74 Å². The van der Waals surface area contributed by atoms with Crippen LogP contribution in [0.25, 0.3) is 0 Å². The van der Waals surface area contributed by atoms with Gasteiger partial charge in [0, 0.05) is 23.8 Å². The lowest BCUT2D eigenvalue weighted by atomic mass is 10.0. The maximum Gasteiger partial charge on any atom is 0.0911 e. The zero-order chi connectivity index (χ0) is 12.3. The van der Waals surface area contributed by atoms with Gasteiger partial charge in [0.05, 0.1) is 24.4 Å². The number of aromatic nitrogens is 1. The van der Waals surface area contributed by atoms with Crippen molar-refractivity contribution in [1.29, 1.82) is 0 Å². The number of rotatable bonds is 3. The highest BCUT2D eigenvalue weighted by Gasteiger charge is 2.31. The Labute approximate surface area is 110 Å². The lowest BCUT2D eigenvalue weighted by Crippen LogP contribution is -2.47. The number of halogens is 1. The lowest BCUT2D eigenvalue weighted by Gasteiger charge is -2.38. The maximum atomic E-state index is 5.83. The molecule has 1 saturated heterocycles. The van der Waals surface area contributed by atoms with Crippen molar-refractivity contribution in [1.82, 2.24) is 15.2 Å².